The van der Waals surface area contributed by atoms with Crippen molar-refractivity contribution in [2.75, 3.05) is 18.0 Å². The number of rotatable bonds is 8. The van der Waals surface area contributed by atoms with E-state index in [9.17, 15) is 0 Å². The Morgan fingerprint density at radius 1 is 0.850 bits per heavy atom. The van der Waals surface area contributed by atoms with Gasteiger partial charge in [0.1, 0.15) is 0 Å². The number of benzene rings is 1. The highest BCUT2D eigenvalue weighted by Gasteiger charge is 2.09. The zero-order valence-electron chi connectivity index (χ0n) is 13.9. The Balaban J connectivity index is 2.74. The third-order valence-corrected chi connectivity index (χ3v) is 3.74. The fourth-order valence-electron chi connectivity index (χ4n) is 2.19. The standard InChI is InChI=1S/C18H32N2/c1-14(2)10-12-20(13-11-15(3)4)18-8-6-17(7-9-18)16(5)19/h6-9,14-16H,10-13,19H2,1-5H3. The van der Waals surface area contributed by atoms with Crippen LogP contribution in [0.5, 0.6) is 0 Å². The molecule has 114 valence electrons. The van der Waals surface area contributed by atoms with E-state index >= 15 is 0 Å². The van der Waals surface area contributed by atoms with Crippen molar-refractivity contribution in [1.82, 2.24) is 0 Å². The number of hydrogen-bond donors (Lipinski definition) is 1. The summed E-state index contributed by atoms with van der Waals surface area (Å²) in [6.07, 6.45) is 2.49. The molecule has 2 nitrogen and oxygen atoms in total. The first-order valence-corrected chi connectivity index (χ1v) is 8.00. The van der Waals surface area contributed by atoms with Crippen molar-refractivity contribution in [1.29, 1.82) is 0 Å². The van der Waals surface area contributed by atoms with Crippen molar-refractivity contribution < 1.29 is 0 Å². The van der Waals surface area contributed by atoms with Crippen LogP contribution in [0.4, 0.5) is 5.69 Å². The molecule has 0 aromatic heterocycles. The fraction of sp³-hybridized carbons (Fsp3) is 0.667. The Morgan fingerprint density at radius 2 is 1.30 bits per heavy atom. The van der Waals surface area contributed by atoms with Gasteiger partial charge in [0, 0.05) is 24.8 Å². The fourth-order valence-corrected chi connectivity index (χ4v) is 2.19. The van der Waals surface area contributed by atoms with E-state index in [1.165, 1.54) is 24.1 Å². The molecule has 0 heterocycles. The van der Waals surface area contributed by atoms with E-state index in [1.54, 1.807) is 0 Å². The summed E-state index contributed by atoms with van der Waals surface area (Å²) in [6, 6.07) is 8.89. The highest BCUT2D eigenvalue weighted by Crippen LogP contribution is 2.20. The van der Waals surface area contributed by atoms with Gasteiger partial charge in [-0.05, 0) is 49.3 Å². The Bertz CT molecular complexity index is 354. The molecule has 0 amide bonds. The Labute approximate surface area is 125 Å². The maximum atomic E-state index is 5.92. The van der Waals surface area contributed by atoms with Gasteiger partial charge in [0.15, 0.2) is 0 Å². The van der Waals surface area contributed by atoms with E-state index in [1.807, 2.05) is 6.92 Å². The molecule has 1 aromatic carbocycles. The summed E-state index contributed by atoms with van der Waals surface area (Å²) in [4.78, 5) is 2.52. The molecule has 0 bridgehead atoms. The van der Waals surface area contributed by atoms with Crippen LogP contribution in [0.2, 0.25) is 0 Å². The molecule has 1 rings (SSSR count). The van der Waals surface area contributed by atoms with E-state index in [0.29, 0.717) is 0 Å². The van der Waals surface area contributed by atoms with E-state index in [-0.39, 0.29) is 6.04 Å². The summed E-state index contributed by atoms with van der Waals surface area (Å²) in [5.74, 6) is 1.50. The molecule has 0 aliphatic carbocycles. The summed E-state index contributed by atoms with van der Waals surface area (Å²) >= 11 is 0. The van der Waals surface area contributed by atoms with Crippen LogP contribution in [0.3, 0.4) is 0 Å². The zero-order chi connectivity index (χ0) is 15.1. The summed E-state index contributed by atoms with van der Waals surface area (Å²) in [5, 5.41) is 0. The summed E-state index contributed by atoms with van der Waals surface area (Å²) in [7, 11) is 0. The highest BCUT2D eigenvalue weighted by atomic mass is 15.1. The van der Waals surface area contributed by atoms with E-state index in [4.69, 9.17) is 5.73 Å². The van der Waals surface area contributed by atoms with Crippen LogP contribution < -0.4 is 10.6 Å². The molecule has 0 saturated carbocycles. The number of nitrogens with two attached hydrogens (primary N) is 1. The minimum atomic E-state index is 0.115. The normalized spacial score (nSPS) is 13.0. The molecule has 0 saturated heterocycles. The first-order chi connectivity index (χ1) is 9.40. The maximum absolute atomic E-state index is 5.92. The third kappa shape index (κ3) is 5.96. The van der Waals surface area contributed by atoms with Crippen LogP contribution in [0, 0.1) is 11.8 Å². The molecular formula is C18H32N2. The van der Waals surface area contributed by atoms with Crippen LogP contribution in [-0.2, 0) is 0 Å². The van der Waals surface area contributed by atoms with Gasteiger partial charge >= 0.3 is 0 Å². The van der Waals surface area contributed by atoms with Crippen molar-refractivity contribution in [3.63, 3.8) is 0 Å². The Kier molecular flexibility index (Phi) is 7.08. The second-order valence-electron chi connectivity index (χ2n) is 6.73. The van der Waals surface area contributed by atoms with Crippen LogP contribution in [0.15, 0.2) is 24.3 Å². The Morgan fingerprint density at radius 3 is 1.65 bits per heavy atom. The summed E-state index contributed by atoms with van der Waals surface area (Å²) < 4.78 is 0. The molecular weight excluding hydrogens is 244 g/mol. The molecule has 2 N–H and O–H groups in total. The molecule has 20 heavy (non-hydrogen) atoms. The monoisotopic (exact) mass is 276 g/mol. The minimum absolute atomic E-state index is 0.115. The lowest BCUT2D eigenvalue weighted by molar-refractivity contribution is 0.535. The summed E-state index contributed by atoms with van der Waals surface area (Å²) in [6.45, 7) is 13.5. The molecule has 0 fully saturated rings. The van der Waals surface area contributed by atoms with Crippen LogP contribution in [-0.4, -0.2) is 13.1 Å². The van der Waals surface area contributed by atoms with Gasteiger partial charge in [0.25, 0.3) is 0 Å². The van der Waals surface area contributed by atoms with Gasteiger partial charge < -0.3 is 10.6 Å². The quantitative estimate of drug-likeness (QED) is 0.751. The SMILES string of the molecule is CC(C)CCN(CCC(C)C)c1ccc(C(C)N)cc1. The van der Waals surface area contributed by atoms with E-state index in [2.05, 4.69) is 56.9 Å². The van der Waals surface area contributed by atoms with Gasteiger partial charge in [-0.3, -0.25) is 0 Å². The molecule has 1 aromatic rings. The highest BCUT2D eigenvalue weighted by molar-refractivity contribution is 5.48. The average Bonchev–Trinajstić information content (AvgIpc) is 2.38. The van der Waals surface area contributed by atoms with E-state index < -0.39 is 0 Å². The van der Waals surface area contributed by atoms with Crippen LogP contribution in [0.1, 0.15) is 59.1 Å². The zero-order valence-corrected chi connectivity index (χ0v) is 13.9. The first-order valence-electron chi connectivity index (χ1n) is 8.00. The van der Waals surface area contributed by atoms with Crippen LogP contribution >= 0.6 is 0 Å². The lowest BCUT2D eigenvalue weighted by Gasteiger charge is -2.27. The van der Waals surface area contributed by atoms with Crippen LogP contribution in [0.25, 0.3) is 0 Å². The molecule has 1 atom stereocenters. The smallest absolute Gasteiger partial charge is 0.0366 e. The molecule has 1 unspecified atom stereocenters. The minimum Gasteiger partial charge on any atom is -0.372 e. The number of hydrogen-bond acceptors (Lipinski definition) is 2. The lowest BCUT2D eigenvalue weighted by Crippen LogP contribution is -2.27. The summed E-state index contributed by atoms with van der Waals surface area (Å²) in [5.41, 5.74) is 8.46. The van der Waals surface area contributed by atoms with Gasteiger partial charge in [-0.1, -0.05) is 39.8 Å². The predicted molar refractivity (Wildman–Crippen MR) is 90.2 cm³/mol. The van der Waals surface area contributed by atoms with Crippen molar-refractivity contribution >= 4 is 5.69 Å². The van der Waals surface area contributed by atoms with Crippen molar-refractivity contribution in [3.8, 4) is 0 Å². The second-order valence-corrected chi connectivity index (χ2v) is 6.73. The molecule has 0 aliphatic heterocycles. The van der Waals surface area contributed by atoms with Crippen molar-refractivity contribution in [2.24, 2.45) is 17.6 Å². The second kappa shape index (κ2) is 8.31. The molecule has 0 spiro atoms. The van der Waals surface area contributed by atoms with Gasteiger partial charge in [0.2, 0.25) is 0 Å². The van der Waals surface area contributed by atoms with Gasteiger partial charge in [-0.15, -0.1) is 0 Å². The predicted octanol–water partition coefficient (Wildman–Crippen LogP) is 4.60. The largest absolute Gasteiger partial charge is 0.372 e. The molecule has 0 aliphatic rings. The number of nitrogens with zero attached hydrogens (tertiary/aromatic N) is 1. The van der Waals surface area contributed by atoms with Gasteiger partial charge in [0.05, 0.1) is 0 Å². The lowest BCUT2D eigenvalue weighted by atomic mass is 10.1. The molecule has 2 heteroatoms. The van der Waals surface area contributed by atoms with Gasteiger partial charge in [-0.25, -0.2) is 0 Å². The topological polar surface area (TPSA) is 29.3 Å². The molecule has 0 radical (unpaired) electrons. The van der Waals surface area contributed by atoms with Crippen molar-refractivity contribution in [3.05, 3.63) is 29.8 Å². The van der Waals surface area contributed by atoms with Crippen molar-refractivity contribution in [2.45, 2.75) is 53.5 Å². The Hall–Kier alpha value is -1.02. The van der Waals surface area contributed by atoms with E-state index in [0.717, 1.165) is 24.9 Å². The maximum Gasteiger partial charge on any atom is 0.0366 e. The van der Waals surface area contributed by atoms with Gasteiger partial charge in [-0.2, -0.15) is 0 Å². The first kappa shape index (κ1) is 17.0. The average molecular weight is 276 g/mol. The third-order valence-electron chi connectivity index (χ3n) is 3.74. The number of anilines is 1.